The number of hydrogen-bond acceptors (Lipinski definition) is 3. The first kappa shape index (κ1) is 16.8. The van der Waals surface area contributed by atoms with E-state index >= 15 is 0 Å². The number of rotatable bonds is 6. The number of amides is 3. The third kappa shape index (κ3) is 6.16. The molecule has 3 amide bonds. The summed E-state index contributed by atoms with van der Waals surface area (Å²) in [5, 5.41) is 7.99. The lowest BCUT2D eigenvalue weighted by molar-refractivity contribution is -0.115. The zero-order valence-electron chi connectivity index (χ0n) is 13.1. The van der Waals surface area contributed by atoms with E-state index in [2.05, 4.69) is 16.0 Å². The molecule has 0 aliphatic heterocycles. The highest BCUT2D eigenvalue weighted by atomic mass is 16.2. The van der Waals surface area contributed by atoms with E-state index in [0.717, 1.165) is 12.1 Å². The Balaban J connectivity index is 2.38. The molecule has 0 saturated heterocycles. The van der Waals surface area contributed by atoms with Crippen LogP contribution in [0.5, 0.6) is 0 Å². The van der Waals surface area contributed by atoms with Crippen LogP contribution in [0.3, 0.4) is 0 Å². The smallest absolute Gasteiger partial charge is 0.315 e. The van der Waals surface area contributed by atoms with Gasteiger partial charge in [0.1, 0.15) is 0 Å². The van der Waals surface area contributed by atoms with Gasteiger partial charge in [-0.05, 0) is 37.6 Å². The molecule has 0 radical (unpaired) electrons. The fourth-order valence-electron chi connectivity index (χ4n) is 1.59. The molecule has 21 heavy (non-hydrogen) atoms. The van der Waals surface area contributed by atoms with Gasteiger partial charge in [0, 0.05) is 31.5 Å². The lowest BCUT2D eigenvalue weighted by atomic mass is 10.2. The van der Waals surface area contributed by atoms with Gasteiger partial charge in [-0.3, -0.25) is 4.79 Å². The normalized spacial score (nSPS) is 11.4. The van der Waals surface area contributed by atoms with Crippen LogP contribution in [0.25, 0.3) is 0 Å². The largest absolute Gasteiger partial charge is 0.378 e. The van der Waals surface area contributed by atoms with E-state index in [0.29, 0.717) is 5.69 Å². The molecule has 0 aromatic heterocycles. The molecular weight excluding hydrogens is 268 g/mol. The standard InChI is InChI=1S/C15H24N4O2/c1-5-11(2)17-15(21)16-10-14(20)18-12-6-8-13(9-7-12)19(3)4/h6-9,11H,5,10H2,1-4H3,(H,18,20)(H2,16,17,21). The van der Waals surface area contributed by atoms with Crippen molar-refractivity contribution in [3.05, 3.63) is 24.3 Å². The SMILES string of the molecule is CCC(C)NC(=O)NCC(=O)Nc1ccc(N(C)C)cc1. The summed E-state index contributed by atoms with van der Waals surface area (Å²) in [4.78, 5) is 25.2. The predicted molar refractivity (Wildman–Crippen MR) is 85.7 cm³/mol. The highest BCUT2D eigenvalue weighted by Crippen LogP contribution is 2.15. The summed E-state index contributed by atoms with van der Waals surface area (Å²) >= 11 is 0. The van der Waals surface area contributed by atoms with Gasteiger partial charge in [-0.1, -0.05) is 6.92 Å². The Morgan fingerprint density at radius 2 is 1.81 bits per heavy atom. The fourth-order valence-corrected chi connectivity index (χ4v) is 1.59. The maximum atomic E-state index is 11.7. The van der Waals surface area contributed by atoms with E-state index in [4.69, 9.17) is 0 Å². The second-order valence-corrected chi connectivity index (χ2v) is 5.13. The summed E-state index contributed by atoms with van der Waals surface area (Å²) < 4.78 is 0. The third-order valence-corrected chi connectivity index (χ3v) is 3.07. The van der Waals surface area contributed by atoms with Crippen molar-refractivity contribution in [3.8, 4) is 0 Å². The molecule has 1 aromatic rings. The Hall–Kier alpha value is -2.24. The van der Waals surface area contributed by atoms with Gasteiger partial charge >= 0.3 is 6.03 Å². The predicted octanol–water partition coefficient (Wildman–Crippen LogP) is 1.79. The summed E-state index contributed by atoms with van der Waals surface area (Å²) in [7, 11) is 3.90. The quantitative estimate of drug-likeness (QED) is 0.748. The van der Waals surface area contributed by atoms with Gasteiger partial charge in [-0.15, -0.1) is 0 Å². The molecule has 1 rings (SSSR count). The second kappa shape index (κ2) is 8.14. The van der Waals surface area contributed by atoms with Crippen molar-refractivity contribution in [3.63, 3.8) is 0 Å². The summed E-state index contributed by atoms with van der Waals surface area (Å²) in [5.74, 6) is -0.257. The molecule has 1 aromatic carbocycles. The topological polar surface area (TPSA) is 73.5 Å². The minimum absolute atomic E-state index is 0.0578. The van der Waals surface area contributed by atoms with Gasteiger partial charge in [-0.25, -0.2) is 4.79 Å². The van der Waals surface area contributed by atoms with E-state index in [9.17, 15) is 9.59 Å². The molecule has 116 valence electrons. The summed E-state index contributed by atoms with van der Waals surface area (Å²) in [6.45, 7) is 3.83. The number of carbonyl (C=O) groups excluding carboxylic acids is 2. The van der Waals surface area contributed by atoms with Crippen LogP contribution in [0.1, 0.15) is 20.3 Å². The van der Waals surface area contributed by atoms with Crippen molar-refractivity contribution in [1.82, 2.24) is 10.6 Å². The second-order valence-electron chi connectivity index (χ2n) is 5.13. The summed E-state index contributed by atoms with van der Waals surface area (Å²) in [6, 6.07) is 7.24. The molecule has 0 saturated carbocycles. The maximum Gasteiger partial charge on any atom is 0.315 e. The third-order valence-electron chi connectivity index (χ3n) is 3.07. The molecule has 0 spiro atoms. The van der Waals surface area contributed by atoms with E-state index in [1.807, 2.05) is 57.1 Å². The van der Waals surface area contributed by atoms with E-state index in [1.165, 1.54) is 0 Å². The number of urea groups is 1. The molecule has 3 N–H and O–H groups in total. The zero-order chi connectivity index (χ0) is 15.8. The first-order valence-corrected chi connectivity index (χ1v) is 7.04. The van der Waals surface area contributed by atoms with Crippen LogP contribution in [0.2, 0.25) is 0 Å². The van der Waals surface area contributed by atoms with E-state index < -0.39 is 0 Å². The summed E-state index contributed by atoms with van der Waals surface area (Å²) in [6.07, 6.45) is 0.845. The fraction of sp³-hybridized carbons (Fsp3) is 0.467. The average Bonchev–Trinajstić information content (AvgIpc) is 2.45. The minimum Gasteiger partial charge on any atom is -0.378 e. The van der Waals surface area contributed by atoms with Crippen LogP contribution in [-0.2, 0) is 4.79 Å². The van der Waals surface area contributed by atoms with Gasteiger partial charge in [0.15, 0.2) is 0 Å². The van der Waals surface area contributed by atoms with Crippen LogP contribution in [0.15, 0.2) is 24.3 Å². The molecule has 1 unspecified atom stereocenters. The first-order chi connectivity index (χ1) is 9.92. The Morgan fingerprint density at radius 3 is 2.33 bits per heavy atom. The lowest BCUT2D eigenvalue weighted by Crippen LogP contribution is -2.43. The van der Waals surface area contributed by atoms with Gasteiger partial charge in [0.25, 0.3) is 0 Å². The highest BCUT2D eigenvalue weighted by Gasteiger charge is 2.07. The van der Waals surface area contributed by atoms with Crippen molar-refractivity contribution in [1.29, 1.82) is 0 Å². The van der Waals surface area contributed by atoms with Crippen LogP contribution in [-0.4, -0.2) is 38.6 Å². The van der Waals surface area contributed by atoms with Gasteiger partial charge < -0.3 is 20.9 Å². The monoisotopic (exact) mass is 292 g/mol. The van der Waals surface area contributed by atoms with Crippen molar-refractivity contribution in [2.45, 2.75) is 26.3 Å². The molecular formula is C15H24N4O2. The van der Waals surface area contributed by atoms with Gasteiger partial charge in [0.05, 0.1) is 6.54 Å². The first-order valence-electron chi connectivity index (χ1n) is 7.04. The van der Waals surface area contributed by atoms with Crippen LogP contribution in [0.4, 0.5) is 16.2 Å². The molecule has 0 bridgehead atoms. The number of hydrogen-bond donors (Lipinski definition) is 3. The number of benzene rings is 1. The maximum absolute atomic E-state index is 11.7. The molecule has 0 aliphatic carbocycles. The van der Waals surface area contributed by atoms with Crippen LogP contribution >= 0.6 is 0 Å². The molecule has 1 atom stereocenters. The van der Waals surface area contributed by atoms with Gasteiger partial charge in [-0.2, -0.15) is 0 Å². The Labute approximate surface area is 125 Å². The zero-order valence-corrected chi connectivity index (χ0v) is 13.1. The Morgan fingerprint density at radius 1 is 1.19 bits per heavy atom. The average molecular weight is 292 g/mol. The minimum atomic E-state index is -0.331. The number of anilines is 2. The van der Waals surface area contributed by atoms with E-state index in [1.54, 1.807) is 0 Å². The molecule has 0 aliphatic rings. The number of nitrogens with zero attached hydrogens (tertiary/aromatic N) is 1. The van der Waals surface area contributed by atoms with Crippen molar-refractivity contribution in [2.24, 2.45) is 0 Å². The number of carbonyl (C=O) groups is 2. The molecule has 0 heterocycles. The van der Waals surface area contributed by atoms with Gasteiger partial charge in [0.2, 0.25) is 5.91 Å². The van der Waals surface area contributed by atoms with E-state index in [-0.39, 0.29) is 24.5 Å². The van der Waals surface area contributed by atoms with Crippen molar-refractivity contribution in [2.75, 3.05) is 30.9 Å². The molecule has 6 heteroatoms. The summed E-state index contributed by atoms with van der Waals surface area (Å²) in [5.41, 5.74) is 1.76. The molecule has 0 fully saturated rings. The van der Waals surface area contributed by atoms with Crippen molar-refractivity contribution < 1.29 is 9.59 Å². The van der Waals surface area contributed by atoms with Crippen LogP contribution < -0.4 is 20.9 Å². The highest BCUT2D eigenvalue weighted by molar-refractivity contribution is 5.94. The Kier molecular flexibility index (Phi) is 6.52. The lowest BCUT2D eigenvalue weighted by Gasteiger charge is -2.14. The Bertz CT molecular complexity index is 471. The number of nitrogens with one attached hydrogen (secondary N) is 3. The molecule has 6 nitrogen and oxygen atoms in total. The van der Waals surface area contributed by atoms with Crippen molar-refractivity contribution >= 4 is 23.3 Å². The van der Waals surface area contributed by atoms with Crippen LogP contribution in [0, 0.1) is 0 Å².